The lowest BCUT2D eigenvalue weighted by Gasteiger charge is -2.29. The number of morpholine rings is 1. The molecule has 0 spiro atoms. The van der Waals surface area contributed by atoms with E-state index < -0.39 is 0 Å². The van der Waals surface area contributed by atoms with Crippen molar-refractivity contribution in [1.29, 1.82) is 0 Å². The summed E-state index contributed by atoms with van der Waals surface area (Å²) in [6.07, 6.45) is 1.99. The fourth-order valence-electron chi connectivity index (χ4n) is 2.57. The highest BCUT2D eigenvalue weighted by molar-refractivity contribution is 5.76. The summed E-state index contributed by atoms with van der Waals surface area (Å²) < 4.78 is 10.4. The monoisotopic (exact) mass is 276 g/mol. The molecular weight excluding hydrogens is 256 g/mol. The first-order chi connectivity index (χ1) is 9.73. The van der Waals surface area contributed by atoms with Crippen molar-refractivity contribution in [2.75, 3.05) is 33.4 Å². The van der Waals surface area contributed by atoms with Gasteiger partial charge in [-0.3, -0.25) is 0 Å². The quantitative estimate of drug-likeness (QED) is 0.914. The first-order valence-electron chi connectivity index (χ1n) is 7.03. The van der Waals surface area contributed by atoms with Gasteiger partial charge in [-0.05, 0) is 30.5 Å². The summed E-state index contributed by atoms with van der Waals surface area (Å²) in [5, 5.41) is 3.18. The lowest BCUT2D eigenvalue weighted by atomic mass is 10.1. The number of hydrogen-bond donors (Lipinski definition) is 1. The molecule has 1 heterocycles. The first kappa shape index (κ1) is 13.2. The zero-order valence-electron chi connectivity index (χ0n) is 11.7. The summed E-state index contributed by atoms with van der Waals surface area (Å²) in [4.78, 5) is 14.1. The summed E-state index contributed by atoms with van der Waals surface area (Å²) in [5.74, 6) is 0.837. The maximum Gasteiger partial charge on any atom is 0.318 e. The number of amides is 2. The zero-order valence-corrected chi connectivity index (χ0v) is 11.7. The number of benzene rings is 1. The van der Waals surface area contributed by atoms with Gasteiger partial charge in [0.05, 0.1) is 25.9 Å². The second kappa shape index (κ2) is 5.32. The smallest absolute Gasteiger partial charge is 0.318 e. The largest absolute Gasteiger partial charge is 0.497 e. The van der Waals surface area contributed by atoms with Gasteiger partial charge in [0.1, 0.15) is 5.75 Å². The van der Waals surface area contributed by atoms with Gasteiger partial charge >= 0.3 is 6.03 Å². The third-order valence-electron chi connectivity index (χ3n) is 4.04. The summed E-state index contributed by atoms with van der Waals surface area (Å²) >= 11 is 0. The number of ether oxygens (including phenoxy) is 2. The number of carbonyl (C=O) groups excluding carboxylic acids is 1. The average molecular weight is 276 g/mol. The Labute approximate surface area is 118 Å². The molecule has 1 aliphatic carbocycles. The van der Waals surface area contributed by atoms with E-state index in [-0.39, 0.29) is 11.6 Å². The molecule has 0 radical (unpaired) electrons. The molecule has 2 amide bonds. The van der Waals surface area contributed by atoms with Crippen LogP contribution in [0.5, 0.6) is 5.75 Å². The van der Waals surface area contributed by atoms with E-state index in [9.17, 15) is 4.79 Å². The number of nitrogens with one attached hydrogen (secondary N) is 1. The molecule has 5 nitrogen and oxygen atoms in total. The molecule has 1 saturated carbocycles. The number of rotatable bonds is 3. The number of urea groups is 1. The SMILES string of the molecule is COc1ccc(C2(NC(=O)N3CCOCC3)CC2)cc1. The fourth-order valence-corrected chi connectivity index (χ4v) is 2.57. The van der Waals surface area contributed by atoms with Crippen molar-refractivity contribution < 1.29 is 14.3 Å². The van der Waals surface area contributed by atoms with Crippen molar-refractivity contribution in [1.82, 2.24) is 10.2 Å². The predicted octanol–water partition coefficient (Wildman–Crippen LogP) is 1.73. The predicted molar refractivity (Wildman–Crippen MR) is 74.8 cm³/mol. The van der Waals surface area contributed by atoms with Crippen LogP contribution in [0.4, 0.5) is 4.79 Å². The van der Waals surface area contributed by atoms with Crippen molar-refractivity contribution in [2.24, 2.45) is 0 Å². The number of methoxy groups -OCH3 is 1. The van der Waals surface area contributed by atoms with Gasteiger partial charge in [0.15, 0.2) is 0 Å². The molecule has 1 aromatic carbocycles. The van der Waals surface area contributed by atoms with Gasteiger partial charge in [-0.1, -0.05) is 12.1 Å². The van der Waals surface area contributed by atoms with Crippen molar-refractivity contribution in [3.63, 3.8) is 0 Å². The number of hydrogen-bond acceptors (Lipinski definition) is 3. The van der Waals surface area contributed by atoms with E-state index in [0.717, 1.165) is 24.2 Å². The van der Waals surface area contributed by atoms with Crippen LogP contribution in [-0.4, -0.2) is 44.3 Å². The normalized spacial score (nSPS) is 20.4. The molecule has 1 aromatic rings. The highest BCUT2D eigenvalue weighted by Gasteiger charge is 2.46. The van der Waals surface area contributed by atoms with Crippen LogP contribution in [0.3, 0.4) is 0 Å². The van der Waals surface area contributed by atoms with Crippen LogP contribution < -0.4 is 10.1 Å². The van der Waals surface area contributed by atoms with Crippen LogP contribution in [-0.2, 0) is 10.3 Å². The molecule has 0 aromatic heterocycles. The Kier molecular flexibility index (Phi) is 3.53. The summed E-state index contributed by atoms with van der Waals surface area (Å²) in [6, 6.07) is 7.96. The Hall–Kier alpha value is -1.75. The second-order valence-corrected chi connectivity index (χ2v) is 5.34. The highest BCUT2D eigenvalue weighted by atomic mass is 16.5. The molecule has 0 bridgehead atoms. The molecule has 20 heavy (non-hydrogen) atoms. The lowest BCUT2D eigenvalue weighted by Crippen LogP contribution is -2.49. The number of nitrogens with zero attached hydrogens (tertiary/aromatic N) is 1. The Balaban J connectivity index is 1.67. The van der Waals surface area contributed by atoms with Gasteiger partial charge in [-0.2, -0.15) is 0 Å². The van der Waals surface area contributed by atoms with Crippen LogP contribution in [0.25, 0.3) is 0 Å². The minimum atomic E-state index is -0.179. The van der Waals surface area contributed by atoms with Gasteiger partial charge in [-0.25, -0.2) is 4.79 Å². The molecule has 2 fully saturated rings. The molecule has 1 aliphatic heterocycles. The maximum atomic E-state index is 12.3. The standard InChI is InChI=1S/C15H20N2O3/c1-19-13-4-2-12(3-5-13)15(6-7-15)16-14(18)17-8-10-20-11-9-17/h2-5H,6-11H2,1H3,(H,16,18). The second-order valence-electron chi connectivity index (χ2n) is 5.34. The lowest BCUT2D eigenvalue weighted by molar-refractivity contribution is 0.0522. The fraction of sp³-hybridized carbons (Fsp3) is 0.533. The van der Waals surface area contributed by atoms with Crippen molar-refractivity contribution in [2.45, 2.75) is 18.4 Å². The third kappa shape index (κ3) is 2.58. The Bertz CT molecular complexity index is 476. The van der Waals surface area contributed by atoms with Gasteiger partial charge in [-0.15, -0.1) is 0 Å². The molecule has 108 valence electrons. The topological polar surface area (TPSA) is 50.8 Å². The highest BCUT2D eigenvalue weighted by Crippen LogP contribution is 2.45. The molecule has 0 atom stereocenters. The summed E-state index contributed by atoms with van der Waals surface area (Å²) in [5.41, 5.74) is 0.974. The minimum Gasteiger partial charge on any atom is -0.497 e. The van der Waals surface area contributed by atoms with Crippen LogP contribution in [0.2, 0.25) is 0 Å². The van der Waals surface area contributed by atoms with Crippen molar-refractivity contribution in [3.05, 3.63) is 29.8 Å². The van der Waals surface area contributed by atoms with Crippen molar-refractivity contribution >= 4 is 6.03 Å². The van der Waals surface area contributed by atoms with E-state index in [1.807, 2.05) is 29.2 Å². The first-order valence-corrected chi connectivity index (χ1v) is 7.03. The Morgan fingerprint density at radius 3 is 2.45 bits per heavy atom. The zero-order chi connectivity index (χ0) is 14.0. The van der Waals surface area contributed by atoms with E-state index in [0.29, 0.717) is 26.3 Å². The van der Waals surface area contributed by atoms with E-state index in [4.69, 9.17) is 9.47 Å². The van der Waals surface area contributed by atoms with E-state index in [1.165, 1.54) is 0 Å². The molecule has 3 rings (SSSR count). The molecule has 5 heteroatoms. The van der Waals surface area contributed by atoms with Crippen LogP contribution >= 0.6 is 0 Å². The van der Waals surface area contributed by atoms with Crippen LogP contribution in [0.15, 0.2) is 24.3 Å². The third-order valence-corrected chi connectivity index (χ3v) is 4.04. The Morgan fingerprint density at radius 1 is 1.25 bits per heavy atom. The number of carbonyl (C=O) groups is 1. The molecular formula is C15H20N2O3. The van der Waals surface area contributed by atoms with Gasteiger partial charge in [0.25, 0.3) is 0 Å². The van der Waals surface area contributed by atoms with E-state index in [1.54, 1.807) is 7.11 Å². The van der Waals surface area contributed by atoms with Crippen LogP contribution in [0, 0.1) is 0 Å². The van der Waals surface area contributed by atoms with Crippen molar-refractivity contribution in [3.8, 4) is 5.75 Å². The van der Waals surface area contributed by atoms with Gasteiger partial charge in [0, 0.05) is 13.1 Å². The molecule has 1 saturated heterocycles. The van der Waals surface area contributed by atoms with Gasteiger partial charge in [0.2, 0.25) is 0 Å². The van der Waals surface area contributed by atoms with E-state index >= 15 is 0 Å². The van der Waals surface area contributed by atoms with Crippen LogP contribution in [0.1, 0.15) is 18.4 Å². The van der Waals surface area contributed by atoms with Gasteiger partial charge < -0.3 is 19.7 Å². The molecule has 2 aliphatic rings. The minimum absolute atomic E-state index is 0.0154. The summed E-state index contributed by atoms with van der Waals surface area (Å²) in [7, 11) is 1.65. The molecule has 0 unspecified atom stereocenters. The average Bonchev–Trinajstić information content (AvgIpc) is 3.29. The molecule has 1 N–H and O–H groups in total. The van der Waals surface area contributed by atoms with E-state index in [2.05, 4.69) is 5.32 Å². The maximum absolute atomic E-state index is 12.3. The Morgan fingerprint density at radius 2 is 1.90 bits per heavy atom. The summed E-state index contributed by atoms with van der Waals surface area (Å²) in [6.45, 7) is 2.60.